The monoisotopic (exact) mass is 413 g/mol. The maximum Gasteiger partial charge on any atom is 0.317 e. The minimum Gasteiger partial charge on any atom is -0.369 e. The van der Waals surface area contributed by atoms with Crippen molar-refractivity contribution in [1.29, 1.82) is 0 Å². The first kappa shape index (κ1) is 21.0. The smallest absolute Gasteiger partial charge is 0.317 e. The molecule has 2 heterocycles. The number of carbonyl (C=O) groups is 1. The molecule has 30 heavy (non-hydrogen) atoms. The van der Waals surface area contributed by atoms with Gasteiger partial charge in [-0.3, -0.25) is 4.90 Å². The van der Waals surface area contributed by atoms with E-state index >= 15 is 0 Å². The van der Waals surface area contributed by atoms with Gasteiger partial charge < -0.3 is 19.6 Å². The van der Waals surface area contributed by atoms with Gasteiger partial charge in [0, 0.05) is 63.5 Å². The summed E-state index contributed by atoms with van der Waals surface area (Å²) < 4.78 is 5.43. The van der Waals surface area contributed by atoms with E-state index in [0.717, 1.165) is 61.6 Å². The molecule has 1 saturated carbocycles. The van der Waals surface area contributed by atoms with Crippen molar-refractivity contribution in [3.63, 3.8) is 0 Å². The topological polar surface area (TPSA) is 64.9 Å². The van der Waals surface area contributed by atoms with Gasteiger partial charge in [-0.15, -0.1) is 0 Å². The van der Waals surface area contributed by atoms with Crippen molar-refractivity contribution in [2.75, 3.05) is 51.7 Å². The molecule has 0 spiro atoms. The fraction of sp³-hybridized carbons (Fsp3) is 0.652. The van der Waals surface area contributed by atoms with Crippen molar-refractivity contribution < 1.29 is 9.32 Å². The molecule has 1 aromatic heterocycles. The fourth-order valence-corrected chi connectivity index (χ4v) is 4.74. The van der Waals surface area contributed by atoms with Crippen LogP contribution in [0, 0.1) is 12.8 Å². The van der Waals surface area contributed by atoms with E-state index in [2.05, 4.69) is 38.5 Å². The Morgan fingerprint density at radius 2 is 1.90 bits per heavy atom. The van der Waals surface area contributed by atoms with Crippen LogP contribution < -0.4 is 10.2 Å². The molecule has 2 fully saturated rings. The molecule has 2 aromatic rings. The van der Waals surface area contributed by atoms with Crippen molar-refractivity contribution in [3.05, 3.63) is 23.9 Å². The van der Waals surface area contributed by atoms with E-state index in [9.17, 15) is 4.79 Å². The summed E-state index contributed by atoms with van der Waals surface area (Å²) in [4.78, 5) is 18.5. The highest BCUT2D eigenvalue weighted by Gasteiger charge is 2.24. The second kappa shape index (κ2) is 9.25. The maximum atomic E-state index is 11.8. The van der Waals surface area contributed by atoms with Gasteiger partial charge in [-0.05, 0) is 63.6 Å². The Morgan fingerprint density at radius 1 is 1.17 bits per heavy atom. The highest BCUT2D eigenvalue weighted by atomic mass is 16.5. The normalized spacial score (nSPS) is 23.0. The van der Waals surface area contributed by atoms with Crippen LogP contribution >= 0.6 is 0 Å². The Morgan fingerprint density at radius 3 is 2.60 bits per heavy atom. The van der Waals surface area contributed by atoms with Crippen LogP contribution in [0.25, 0.3) is 11.0 Å². The summed E-state index contributed by atoms with van der Waals surface area (Å²) in [5.74, 6) is 0.799. The van der Waals surface area contributed by atoms with E-state index in [1.54, 1.807) is 19.0 Å². The van der Waals surface area contributed by atoms with Gasteiger partial charge in [0.05, 0.1) is 5.69 Å². The third-order valence-corrected chi connectivity index (χ3v) is 6.81. The van der Waals surface area contributed by atoms with Crippen LogP contribution in [0.3, 0.4) is 0 Å². The lowest BCUT2D eigenvalue weighted by Crippen LogP contribution is -2.47. The van der Waals surface area contributed by atoms with Crippen LogP contribution in [0.5, 0.6) is 0 Å². The van der Waals surface area contributed by atoms with Crippen LogP contribution in [0.4, 0.5) is 10.5 Å². The summed E-state index contributed by atoms with van der Waals surface area (Å²) in [6, 6.07) is 6.83. The molecule has 1 saturated heterocycles. The van der Waals surface area contributed by atoms with E-state index in [1.165, 1.54) is 31.5 Å². The summed E-state index contributed by atoms with van der Waals surface area (Å²) in [5, 5.41) is 8.31. The van der Waals surface area contributed by atoms with Gasteiger partial charge in [0.25, 0.3) is 0 Å². The van der Waals surface area contributed by atoms with E-state index in [1.807, 2.05) is 6.92 Å². The number of rotatable bonds is 5. The number of aromatic nitrogens is 1. The van der Waals surface area contributed by atoms with Gasteiger partial charge >= 0.3 is 6.03 Å². The molecule has 4 rings (SSSR count). The van der Waals surface area contributed by atoms with Crippen molar-refractivity contribution in [1.82, 2.24) is 20.3 Å². The molecule has 1 aliphatic carbocycles. The fourth-order valence-electron chi connectivity index (χ4n) is 4.74. The average Bonchev–Trinajstić information content (AvgIpc) is 3.13. The summed E-state index contributed by atoms with van der Waals surface area (Å²) in [7, 11) is 3.60. The SMILES string of the molecule is Cc1noc2cc(N3CCN(CC[C@H]4CC[C@H](NC(=O)N(C)C)CC4)CC3)ccc12. The molecule has 7 nitrogen and oxygen atoms in total. The number of carbonyl (C=O) groups excluding carboxylic acids is 1. The molecule has 164 valence electrons. The van der Waals surface area contributed by atoms with Gasteiger partial charge in [0.1, 0.15) is 0 Å². The maximum absolute atomic E-state index is 11.8. The van der Waals surface area contributed by atoms with Crippen molar-refractivity contribution in [3.8, 4) is 0 Å². The average molecular weight is 414 g/mol. The minimum atomic E-state index is 0.0360. The molecule has 0 atom stereocenters. The van der Waals surface area contributed by atoms with E-state index < -0.39 is 0 Å². The van der Waals surface area contributed by atoms with Gasteiger partial charge in [0.2, 0.25) is 0 Å². The lowest BCUT2D eigenvalue weighted by molar-refractivity contribution is 0.194. The lowest BCUT2D eigenvalue weighted by atomic mass is 9.84. The molecule has 1 aromatic carbocycles. The summed E-state index contributed by atoms with van der Waals surface area (Å²) in [6.07, 6.45) is 5.96. The largest absolute Gasteiger partial charge is 0.369 e. The molecule has 0 radical (unpaired) electrons. The number of nitrogens with one attached hydrogen (secondary N) is 1. The zero-order chi connectivity index (χ0) is 21.1. The predicted molar refractivity (Wildman–Crippen MR) is 120 cm³/mol. The van der Waals surface area contributed by atoms with Crippen LogP contribution in [-0.2, 0) is 0 Å². The summed E-state index contributed by atoms with van der Waals surface area (Å²) in [5.41, 5.74) is 3.07. The number of nitrogens with zero attached hydrogens (tertiary/aromatic N) is 4. The van der Waals surface area contributed by atoms with E-state index in [4.69, 9.17) is 4.52 Å². The molecule has 0 bridgehead atoms. The first-order valence-corrected chi connectivity index (χ1v) is 11.3. The van der Waals surface area contributed by atoms with Gasteiger partial charge in [-0.1, -0.05) is 5.16 Å². The minimum absolute atomic E-state index is 0.0360. The Balaban J connectivity index is 1.18. The first-order valence-electron chi connectivity index (χ1n) is 11.3. The number of anilines is 1. The molecule has 7 heteroatoms. The number of hydrogen-bond donors (Lipinski definition) is 1. The molecule has 2 amide bonds. The van der Waals surface area contributed by atoms with Crippen LogP contribution in [-0.4, -0.2) is 73.8 Å². The number of piperazine rings is 1. The lowest BCUT2D eigenvalue weighted by Gasteiger charge is -2.37. The summed E-state index contributed by atoms with van der Waals surface area (Å²) in [6.45, 7) is 7.51. The molecular weight excluding hydrogens is 378 g/mol. The number of urea groups is 1. The zero-order valence-electron chi connectivity index (χ0n) is 18.6. The zero-order valence-corrected chi connectivity index (χ0v) is 18.6. The van der Waals surface area contributed by atoms with Gasteiger partial charge in [-0.2, -0.15) is 0 Å². The van der Waals surface area contributed by atoms with Gasteiger partial charge in [-0.25, -0.2) is 4.79 Å². The second-order valence-electron chi connectivity index (χ2n) is 9.13. The predicted octanol–water partition coefficient (Wildman–Crippen LogP) is 3.48. The van der Waals surface area contributed by atoms with Crippen LogP contribution in [0.2, 0.25) is 0 Å². The summed E-state index contributed by atoms with van der Waals surface area (Å²) >= 11 is 0. The Bertz CT molecular complexity index is 848. The quantitative estimate of drug-likeness (QED) is 0.813. The molecule has 0 unspecified atom stereocenters. The standard InChI is InChI=1S/C23H35N5O2/c1-17-21-9-8-20(16-22(21)30-25-17)28-14-12-27(13-15-28)11-10-18-4-6-19(7-5-18)24-23(29)26(2)3/h8-9,16,18-19H,4-7,10-15H2,1-3H3,(H,24,29)/t18-,19-. The highest BCUT2D eigenvalue weighted by molar-refractivity contribution is 5.82. The molecule has 1 N–H and O–H groups in total. The van der Waals surface area contributed by atoms with Gasteiger partial charge in [0.15, 0.2) is 5.58 Å². The Kier molecular flexibility index (Phi) is 6.46. The Hall–Kier alpha value is -2.28. The molecular formula is C23H35N5O2. The number of benzene rings is 1. The van der Waals surface area contributed by atoms with Crippen molar-refractivity contribution >= 4 is 22.7 Å². The van der Waals surface area contributed by atoms with E-state index in [-0.39, 0.29) is 6.03 Å². The highest BCUT2D eigenvalue weighted by Crippen LogP contribution is 2.28. The third-order valence-electron chi connectivity index (χ3n) is 6.81. The number of fused-ring (bicyclic) bond motifs is 1. The van der Waals surface area contributed by atoms with Crippen LogP contribution in [0.1, 0.15) is 37.8 Å². The molecule has 2 aliphatic rings. The first-order chi connectivity index (χ1) is 14.5. The van der Waals surface area contributed by atoms with Crippen molar-refractivity contribution in [2.45, 2.75) is 45.1 Å². The Labute approximate surface area is 179 Å². The van der Waals surface area contributed by atoms with Crippen molar-refractivity contribution in [2.24, 2.45) is 5.92 Å². The van der Waals surface area contributed by atoms with Crippen LogP contribution in [0.15, 0.2) is 22.7 Å². The number of hydrogen-bond acceptors (Lipinski definition) is 5. The second-order valence-corrected chi connectivity index (χ2v) is 9.13. The van der Waals surface area contributed by atoms with E-state index in [0.29, 0.717) is 6.04 Å². The molecule has 1 aliphatic heterocycles. The number of amides is 2. The number of aryl methyl sites for hydroxylation is 1. The third kappa shape index (κ3) is 4.89.